The third-order valence-electron chi connectivity index (χ3n) is 5.06. The van der Waals surface area contributed by atoms with Gasteiger partial charge in [0.1, 0.15) is 5.82 Å². The van der Waals surface area contributed by atoms with Crippen LogP contribution in [0.2, 0.25) is 0 Å². The Morgan fingerprint density at radius 3 is 3.00 bits per heavy atom. The first kappa shape index (κ1) is 14.5. The summed E-state index contributed by atoms with van der Waals surface area (Å²) >= 11 is 0. The van der Waals surface area contributed by atoms with Crippen LogP contribution in [0.25, 0.3) is 0 Å². The quantitative estimate of drug-likeness (QED) is 0.853. The number of imidazole rings is 1. The number of carbonyl (C=O) groups excluding carboxylic acids is 1. The number of para-hydroxylation sites is 1. The van der Waals surface area contributed by atoms with E-state index in [4.69, 9.17) is 0 Å². The van der Waals surface area contributed by atoms with Gasteiger partial charge in [0.2, 0.25) is 5.91 Å². The van der Waals surface area contributed by atoms with E-state index < -0.39 is 0 Å². The Morgan fingerprint density at radius 1 is 1.22 bits per heavy atom. The van der Waals surface area contributed by atoms with E-state index in [0.29, 0.717) is 0 Å². The molecular formula is C18H22N4O. The number of carbonyl (C=O) groups is 1. The average molecular weight is 310 g/mol. The van der Waals surface area contributed by atoms with Crippen molar-refractivity contribution < 1.29 is 4.79 Å². The predicted octanol–water partition coefficient (Wildman–Crippen LogP) is 2.07. The van der Waals surface area contributed by atoms with E-state index in [1.165, 1.54) is 5.56 Å². The zero-order valence-corrected chi connectivity index (χ0v) is 13.5. The van der Waals surface area contributed by atoms with Gasteiger partial charge in [-0.1, -0.05) is 18.2 Å². The van der Waals surface area contributed by atoms with Crippen LogP contribution in [0.1, 0.15) is 24.7 Å². The lowest BCUT2D eigenvalue weighted by Gasteiger charge is -2.37. The summed E-state index contributed by atoms with van der Waals surface area (Å²) in [5.41, 5.74) is 2.38. The molecular weight excluding hydrogens is 288 g/mol. The maximum atomic E-state index is 13.1. The molecule has 2 aromatic rings. The highest BCUT2D eigenvalue weighted by atomic mass is 16.2. The molecule has 0 N–H and O–H groups in total. The highest BCUT2D eigenvalue weighted by molar-refractivity contribution is 5.98. The van der Waals surface area contributed by atoms with Crippen LogP contribution < -0.4 is 4.90 Å². The molecule has 0 bridgehead atoms. The van der Waals surface area contributed by atoms with Gasteiger partial charge in [-0.2, -0.15) is 0 Å². The van der Waals surface area contributed by atoms with Crippen LogP contribution in [0.15, 0.2) is 36.7 Å². The van der Waals surface area contributed by atoms with Crippen LogP contribution in [0.4, 0.5) is 5.69 Å². The Labute approximate surface area is 136 Å². The average Bonchev–Trinajstić information content (AvgIpc) is 3.07. The Balaban J connectivity index is 1.54. The molecule has 0 saturated carbocycles. The Bertz CT molecular complexity index is 723. The number of rotatable bonds is 2. The first-order chi connectivity index (χ1) is 11.2. The van der Waals surface area contributed by atoms with Crippen molar-refractivity contribution in [2.75, 3.05) is 18.0 Å². The smallest absolute Gasteiger partial charge is 0.244 e. The van der Waals surface area contributed by atoms with Gasteiger partial charge in [0, 0.05) is 37.7 Å². The molecule has 0 saturated heterocycles. The standard InChI is InChI=1S/C18H22N4O/c1-14(21-12-11-20-10-8-19-17(20)13-21)18(23)22-9-4-6-15-5-2-3-7-16(15)22/h2-3,5,7-8,10,14H,4,6,9,11-13H2,1H3/t14-/m0/s1. The molecule has 0 unspecified atom stereocenters. The molecule has 0 aliphatic carbocycles. The summed E-state index contributed by atoms with van der Waals surface area (Å²) in [7, 11) is 0. The number of aromatic nitrogens is 2. The van der Waals surface area contributed by atoms with E-state index in [0.717, 1.165) is 50.5 Å². The van der Waals surface area contributed by atoms with Crippen LogP contribution in [0, 0.1) is 0 Å². The third kappa shape index (κ3) is 2.55. The lowest BCUT2D eigenvalue weighted by molar-refractivity contribution is -0.123. The van der Waals surface area contributed by atoms with E-state index in [1.807, 2.05) is 30.3 Å². The van der Waals surface area contributed by atoms with Gasteiger partial charge in [-0.3, -0.25) is 9.69 Å². The minimum absolute atomic E-state index is 0.119. The van der Waals surface area contributed by atoms with Gasteiger partial charge in [0.25, 0.3) is 0 Å². The van der Waals surface area contributed by atoms with Crippen LogP contribution in [0.3, 0.4) is 0 Å². The zero-order chi connectivity index (χ0) is 15.8. The molecule has 3 heterocycles. The Kier molecular flexibility index (Phi) is 3.65. The van der Waals surface area contributed by atoms with Crippen molar-refractivity contribution in [1.29, 1.82) is 0 Å². The first-order valence-electron chi connectivity index (χ1n) is 8.37. The molecule has 23 heavy (non-hydrogen) atoms. The van der Waals surface area contributed by atoms with E-state index in [2.05, 4.69) is 32.7 Å². The molecule has 0 fully saturated rings. The van der Waals surface area contributed by atoms with Gasteiger partial charge >= 0.3 is 0 Å². The molecule has 5 nitrogen and oxygen atoms in total. The number of benzene rings is 1. The first-order valence-corrected chi connectivity index (χ1v) is 8.37. The second kappa shape index (κ2) is 5.81. The second-order valence-electron chi connectivity index (χ2n) is 6.41. The number of aryl methyl sites for hydroxylation is 1. The number of amides is 1. The van der Waals surface area contributed by atoms with Gasteiger partial charge in [-0.05, 0) is 31.4 Å². The highest BCUT2D eigenvalue weighted by Crippen LogP contribution is 2.28. The van der Waals surface area contributed by atoms with Crippen LogP contribution >= 0.6 is 0 Å². The molecule has 0 radical (unpaired) electrons. The van der Waals surface area contributed by atoms with Crippen LogP contribution in [0.5, 0.6) is 0 Å². The summed E-state index contributed by atoms with van der Waals surface area (Å²) in [5, 5.41) is 0. The van der Waals surface area contributed by atoms with Crippen molar-refractivity contribution >= 4 is 11.6 Å². The molecule has 120 valence electrons. The second-order valence-corrected chi connectivity index (χ2v) is 6.41. The largest absolute Gasteiger partial charge is 0.333 e. The number of nitrogens with zero attached hydrogens (tertiary/aromatic N) is 4. The van der Waals surface area contributed by atoms with Crippen molar-refractivity contribution in [2.24, 2.45) is 0 Å². The molecule has 0 spiro atoms. The topological polar surface area (TPSA) is 41.4 Å². The van der Waals surface area contributed by atoms with Crippen molar-refractivity contribution in [3.63, 3.8) is 0 Å². The maximum Gasteiger partial charge on any atom is 0.244 e. The van der Waals surface area contributed by atoms with Crippen molar-refractivity contribution in [3.05, 3.63) is 48.0 Å². The summed E-state index contributed by atoms with van der Waals surface area (Å²) < 4.78 is 2.17. The summed E-state index contributed by atoms with van der Waals surface area (Å²) in [5.74, 6) is 1.26. The monoisotopic (exact) mass is 310 g/mol. The molecule has 5 heteroatoms. The Morgan fingerprint density at radius 2 is 2.09 bits per heavy atom. The molecule has 2 aliphatic rings. The molecule has 1 atom stereocenters. The van der Waals surface area contributed by atoms with Crippen molar-refractivity contribution in [2.45, 2.75) is 38.9 Å². The minimum Gasteiger partial charge on any atom is -0.333 e. The fourth-order valence-electron chi connectivity index (χ4n) is 3.67. The van der Waals surface area contributed by atoms with E-state index in [9.17, 15) is 4.79 Å². The van der Waals surface area contributed by atoms with E-state index >= 15 is 0 Å². The lowest BCUT2D eigenvalue weighted by atomic mass is 10.0. The van der Waals surface area contributed by atoms with E-state index in [1.54, 1.807) is 0 Å². The zero-order valence-electron chi connectivity index (χ0n) is 13.5. The highest BCUT2D eigenvalue weighted by Gasteiger charge is 2.31. The van der Waals surface area contributed by atoms with Crippen LogP contribution in [-0.4, -0.2) is 39.5 Å². The molecule has 2 aliphatic heterocycles. The summed E-state index contributed by atoms with van der Waals surface area (Å²) in [6.45, 7) is 5.39. The van der Waals surface area contributed by atoms with Crippen molar-refractivity contribution in [3.8, 4) is 0 Å². The normalized spacial score (nSPS) is 19.1. The maximum absolute atomic E-state index is 13.1. The molecule has 1 aromatic heterocycles. The fourth-order valence-corrected chi connectivity index (χ4v) is 3.67. The molecule has 1 amide bonds. The lowest BCUT2D eigenvalue weighted by Crippen LogP contribution is -2.50. The van der Waals surface area contributed by atoms with E-state index in [-0.39, 0.29) is 11.9 Å². The molecule has 4 rings (SSSR count). The predicted molar refractivity (Wildman–Crippen MR) is 89.2 cm³/mol. The number of hydrogen-bond donors (Lipinski definition) is 0. The van der Waals surface area contributed by atoms with Gasteiger partial charge in [0.05, 0.1) is 12.6 Å². The number of anilines is 1. The third-order valence-corrected chi connectivity index (χ3v) is 5.06. The van der Waals surface area contributed by atoms with Gasteiger partial charge in [-0.25, -0.2) is 4.98 Å². The van der Waals surface area contributed by atoms with Gasteiger partial charge < -0.3 is 9.47 Å². The SMILES string of the molecule is C[C@@H](C(=O)N1CCCc2ccccc21)N1CCn2ccnc2C1. The Hall–Kier alpha value is -2.14. The molecule has 1 aromatic carbocycles. The summed E-state index contributed by atoms with van der Waals surface area (Å²) in [4.78, 5) is 21.7. The van der Waals surface area contributed by atoms with Gasteiger partial charge in [0.15, 0.2) is 0 Å². The van der Waals surface area contributed by atoms with Crippen LogP contribution in [-0.2, 0) is 24.3 Å². The van der Waals surface area contributed by atoms with Gasteiger partial charge in [-0.15, -0.1) is 0 Å². The summed E-state index contributed by atoms with van der Waals surface area (Å²) in [6, 6.07) is 8.17. The number of hydrogen-bond acceptors (Lipinski definition) is 3. The van der Waals surface area contributed by atoms with Crippen molar-refractivity contribution in [1.82, 2.24) is 14.5 Å². The minimum atomic E-state index is -0.119. The number of fused-ring (bicyclic) bond motifs is 2. The fraction of sp³-hybridized carbons (Fsp3) is 0.444. The summed E-state index contributed by atoms with van der Waals surface area (Å²) in [6.07, 6.45) is 5.96.